The van der Waals surface area contributed by atoms with Crippen LogP contribution in [0.3, 0.4) is 0 Å². The van der Waals surface area contributed by atoms with Gasteiger partial charge in [-0.25, -0.2) is 4.68 Å². The Morgan fingerprint density at radius 1 is 1.35 bits per heavy atom. The molecule has 0 aliphatic carbocycles. The fraction of sp³-hybridized carbons (Fsp3) is 0.364. The van der Waals surface area contributed by atoms with Crippen LogP contribution >= 0.6 is 11.6 Å². The van der Waals surface area contributed by atoms with Gasteiger partial charge in [-0.2, -0.15) is 0 Å². The van der Waals surface area contributed by atoms with Crippen molar-refractivity contribution in [1.29, 1.82) is 0 Å². The van der Waals surface area contributed by atoms with Gasteiger partial charge in [0.05, 0.1) is 29.2 Å². The molecular formula is C11H12ClN5. The first kappa shape index (κ1) is 10.7. The van der Waals surface area contributed by atoms with Gasteiger partial charge in [0.25, 0.3) is 0 Å². The second kappa shape index (κ2) is 4.43. The maximum Gasteiger partial charge on any atom is 0.0738 e. The Kier molecular flexibility index (Phi) is 2.78. The summed E-state index contributed by atoms with van der Waals surface area (Å²) < 4.78 is 1.94. The van der Waals surface area contributed by atoms with Crippen molar-refractivity contribution in [3.63, 3.8) is 0 Å². The lowest BCUT2D eigenvalue weighted by Crippen LogP contribution is -2.33. The summed E-state index contributed by atoms with van der Waals surface area (Å²) in [4.78, 5) is 6.60. The third-order valence-corrected chi connectivity index (χ3v) is 3.26. The van der Waals surface area contributed by atoms with E-state index in [1.165, 1.54) is 0 Å². The molecule has 0 unspecified atom stereocenters. The first-order valence-electron chi connectivity index (χ1n) is 5.52. The number of rotatable bonds is 2. The maximum atomic E-state index is 6.10. The van der Waals surface area contributed by atoms with Gasteiger partial charge in [0.2, 0.25) is 0 Å². The van der Waals surface area contributed by atoms with Crippen molar-refractivity contribution < 1.29 is 0 Å². The minimum atomic E-state index is 0.727. The number of hydrogen-bond donors (Lipinski definition) is 0. The highest BCUT2D eigenvalue weighted by atomic mass is 35.5. The van der Waals surface area contributed by atoms with E-state index in [1.54, 1.807) is 6.20 Å². The highest BCUT2D eigenvalue weighted by molar-refractivity contribution is 6.31. The molecule has 5 nitrogen and oxygen atoms in total. The van der Waals surface area contributed by atoms with Gasteiger partial charge in [0.15, 0.2) is 0 Å². The summed E-state index contributed by atoms with van der Waals surface area (Å²) in [6, 6.07) is 3.72. The van der Waals surface area contributed by atoms with Crippen LogP contribution < -0.4 is 0 Å². The molecule has 88 valence electrons. The van der Waals surface area contributed by atoms with Gasteiger partial charge in [-0.3, -0.25) is 9.88 Å². The Labute approximate surface area is 104 Å². The van der Waals surface area contributed by atoms with E-state index in [2.05, 4.69) is 20.2 Å². The van der Waals surface area contributed by atoms with Crippen LogP contribution in [0.4, 0.5) is 0 Å². The number of halogens is 1. The molecule has 1 aliphatic rings. The number of hydrogen-bond acceptors (Lipinski definition) is 4. The van der Waals surface area contributed by atoms with E-state index in [4.69, 9.17) is 11.6 Å². The van der Waals surface area contributed by atoms with Crippen molar-refractivity contribution in [2.24, 2.45) is 0 Å². The zero-order valence-electron chi connectivity index (χ0n) is 9.25. The minimum absolute atomic E-state index is 0.727. The van der Waals surface area contributed by atoms with Crippen molar-refractivity contribution in [2.45, 2.75) is 19.6 Å². The number of nitrogens with zero attached hydrogens (tertiary/aromatic N) is 5. The summed E-state index contributed by atoms with van der Waals surface area (Å²) in [5.41, 5.74) is 2.07. The third-order valence-electron chi connectivity index (χ3n) is 2.92. The van der Waals surface area contributed by atoms with E-state index >= 15 is 0 Å². The zero-order valence-corrected chi connectivity index (χ0v) is 10.0. The summed E-state index contributed by atoms with van der Waals surface area (Å²) in [5, 5.41) is 8.65. The van der Waals surface area contributed by atoms with Crippen LogP contribution in [-0.4, -0.2) is 31.4 Å². The lowest BCUT2D eigenvalue weighted by Gasteiger charge is -2.26. The van der Waals surface area contributed by atoms with Crippen LogP contribution in [0.25, 0.3) is 0 Å². The lowest BCUT2D eigenvalue weighted by atomic mass is 10.2. The molecule has 3 heterocycles. The Balaban J connectivity index is 1.74. The van der Waals surface area contributed by atoms with Gasteiger partial charge in [-0.15, -0.1) is 5.10 Å². The van der Waals surface area contributed by atoms with E-state index in [-0.39, 0.29) is 0 Å². The first-order valence-corrected chi connectivity index (χ1v) is 5.90. The highest BCUT2D eigenvalue weighted by Crippen LogP contribution is 2.17. The Hall–Kier alpha value is -1.46. The third kappa shape index (κ3) is 2.16. The average molecular weight is 250 g/mol. The quantitative estimate of drug-likeness (QED) is 0.806. The van der Waals surface area contributed by atoms with Gasteiger partial charge in [-0.1, -0.05) is 16.8 Å². The van der Waals surface area contributed by atoms with E-state index < -0.39 is 0 Å². The van der Waals surface area contributed by atoms with Gasteiger partial charge in [-0.05, 0) is 12.1 Å². The predicted molar refractivity (Wildman–Crippen MR) is 63.4 cm³/mol. The molecule has 0 atom stereocenters. The van der Waals surface area contributed by atoms with Crippen molar-refractivity contribution in [1.82, 2.24) is 24.9 Å². The Bertz CT molecular complexity index is 524. The van der Waals surface area contributed by atoms with E-state index in [0.29, 0.717) is 0 Å². The first-order chi connectivity index (χ1) is 8.33. The number of fused-ring (bicyclic) bond motifs is 1. The van der Waals surface area contributed by atoms with Crippen LogP contribution in [0.5, 0.6) is 0 Å². The summed E-state index contributed by atoms with van der Waals surface area (Å²) in [6.45, 7) is 3.44. The molecule has 0 fully saturated rings. The number of aromatic nitrogens is 4. The summed E-state index contributed by atoms with van der Waals surface area (Å²) in [5.74, 6) is 0. The molecule has 1 aliphatic heterocycles. The summed E-state index contributed by atoms with van der Waals surface area (Å²) in [6.07, 6.45) is 3.59. The molecule has 0 N–H and O–H groups in total. The molecule has 2 aromatic rings. The van der Waals surface area contributed by atoms with Crippen LogP contribution in [0.15, 0.2) is 24.5 Å². The van der Waals surface area contributed by atoms with Gasteiger partial charge >= 0.3 is 0 Å². The molecule has 6 heteroatoms. The Morgan fingerprint density at radius 3 is 3.18 bits per heavy atom. The van der Waals surface area contributed by atoms with Gasteiger partial charge < -0.3 is 0 Å². The van der Waals surface area contributed by atoms with Gasteiger partial charge in [0, 0.05) is 25.8 Å². The fourth-order valence-electron chi connectivity index (χ4n) is 2.02. The minimum Gasteiger partial charge on any atom is -0.290 e. The van der Waals surface area contributed by atoms with Crippen LogP contribution in [0.2, 0.25) is 5.02 Å². The molecule has 0 amide bonds. The summed E-state index contributed by atoms with van der Waals surface area (Å²) >= 11 is 6.10. The molecule has 0 radical (unpaired) electrons. The van der Waals surface area contributed by atoms with Crippen molar-refractivity contribution in [3.8, 4) is 0 Å². The molecule has 0 saturated heterocycles. The van der Waals surface area contributed by atoms with Crippen LogP contribution in [0.1, 0.15) is 11.4 Å². The van der Waals surface area contributed by atoms with Gasteiger partial charge in [0.1, 0.15) is 0 Å². The molecule has 0 bridgehead atoms. The van der Waals surface area contributed by atoms with Crippen molar-refractivity contribution in [2.75, 3.05) is 6.54 Å². The second-order valence-electron chi connectivity index (χ2n) is 4.09. The predicted octanol–water partition coefficient (Wildman–Crippen LogP) is 1.34. The molecular weight excluding hydrogens is 238 g/mol. The summed E-state index contributed by atoms with van der Waals surface area (Å²) in [7, 11) is 0. The molecule has 0 spiro atoms. The molecule has 0 saturated carbocycles. The normalized spacial score (nSPS) is 15.8. The lowest BCUT2D eigenvalue weighted by molar-refractivity contribution is 0.202. The second-order valence-corrected chi connectivity index (χ2v) is 4.50. The molecule has 0 aromatic carbocycles. The largest absolute Gasteiger partial charge is 0.290 e. The van der Waals surface area contributed by atoms with Crippen molar-refractivity contribution in [3.05, 3.63) is 40.9 Å². The molecule has 3 rings (SSSR count). The van der Waals surface area contributed by atoms with Crippen molar-refractivity contribution >= 4 is 11.6 Å². The Morgan fingerprint density at radius 2 is 2.29 bits per heavy atom. The average Bonchev–Trinajstić information content (AvgIpc) is 2.79. The smallest absolute Gasteiger partial charge is 0.0738 e. The SMILES string of the molecule is Clc1cccnc1CN1CCn2nncc2C1. The van der Waals surface area contributed by atoms with E-state index in [0.717, 1.165) is 42.6 Å². The van der Waals surface area contributed by atoms with E-state index in [1.807, 2.05) is 23.0 Å². The number of pyridine rings is 1. The standard InChI is InChI=1S/C11H12ClN5/c12-10-2-1-3-13-11(10)8-16-4-5-17-9(7-16)6-14-15-17/h1-3,6H,4-5,7-8H2. The highest BCUT2D eigenvalue weighted by Gasteiger charge is 2.18. The topological polar surface area (TPSA) is 46.8 Å². The fourth-order valence-corrected chi connectivity index (χ4v) is 2.20. The molecule has 17 heavy (non-hydrogen) atoms. The zero-order chi connectivity index (χ0) is 11.7. The van der Waals surface area contributed by atoms with Crippen LogP contribution in [-0.2, 0) is 19.6 Å². The maximum absolute atomic E-state index is 6.10. The molecule has 2 aromatic heterocycles. The van der Waals surface area contributed by atoms with Crippen LogP contribution in [0, 0.1) is 0 Å². The van der Waals surface area contributed by atoms with E-state index in [9.17, 15) is 0 Å². The monoisotopic (exact) mass is 249 g/mol.